The van der Waals surface area contributed by atoms with Crippen molar-refractivity contribution in [1.29, 1.82) is 0 Å². The number of H-pyrrole nitrogens is 1. The molecule has 0 fully saturated rings. The Balaban J connectivity index is 2.90. The second-order valence-electron chi connectivity index (χ2n) is 3.07. The molecule has 50 valence electrons. The zero-order valence-corrected chi connectivity index (χ0v) is 5.93. The van der Waals surface area contributed by atoms with Gasteiger partial charge < -0.3 is 4.52 Å². The molecule has 0 bridgehead atoms. The minimum atomic E-state index is 0.0625. The lowest BCUT2D eigenvalue weighted by atomic mass is 9.94. The highest BCUT2D eigenvalue weighted by atomic mass is 16.5. The molecule has 0 atom stereocenters. The average Bonchev–Trinajstić information content (AvgIpc) is 2.08. The first kappa shape index (κ1) is 6.26. The first-order valence-electron chi connectivity index (χ1n) is 2.94. The van der Waals surface area contributed by atoms with Gasteiger partial charge in [0, 0.05) is 5.41 Å². The Morgan fingerprint density at radius 3 is 2.44 bits per heavy atom. The largest absolute Gasteiger partial charge is 0.305 e. The van der Waals surface area contributed by atoms with Gasteiger partial charge in [-0.2, -0.15) is 0 Å². The van der Waals surface area contributed by atoms with Crippen LogP contribution in [0.15, 0.2) is 10.7 Å². The molecule has 3 heteroatoms. The van der Waals surface area contributed by atoms with Crippen molar-refractivity contribution in [3.8, 4) is 0 Å². The maximum absolute atomic E-state index is 4.89. The average molecular weight is 127 g/mol. The maximum Gasteiger partial charge on any atom is 0.238 e. The van der Waals surface area contributed by atoms with Gasteiger partial charge >= 0.3 is 0 Å². The van der Waals surface area contributed by atoms with E-state index >= 15 is 0 Å². The minimum Gasteiger partial charge on any atom is -0.305 e. The number of rotatable bonds is 0. The second-order valence-corrected chi connectivity index (χ2v) is 3.07. The summed E-state index contributed by atoms with van der Waals surface area (Å²) in [4.78, 5) is 0. The van der Waals surface area contributed by atoms with Crippen LogP contribution in [-0.4, -0.2) is 5.27 Å². The van der Waals surface area contributed by atoms with Crippen molar-refractivity contribution in [3.63, 3.8) is 0 Å². The van der Waals surface area contributed by atoms with Gasteiger partial charge in [-0.3, -0.25) is 0 Å². The molecule has 1 aromatic heterocycles. The fourth-order valence-corrected chi connectivity index (χ4v) is 0.540. The van der Waals surface area contributed by atoms with E-state index in [-0.39, 0.29) is 5.41 Å². The molecule has 1 rings (SSSR count). The molecule has 0 radical (unpaired) electrons. The third-order valence-electron chi connectivity index (χ3n) is 1.13. The van der Waals surface area contributed by atoms with Crippen LogP contribution in [0.5, 0.6) is 0 Å². The second kappa shape index (κ2) is 1.83. The molecular formula is C6H11N2O+. The summed E-state index contributed by atoms with van der Waals surface area (Å²) in [6, 6.07) is 0. The van der Waals surface area contributed by atoms with E-state index in [0.29, 0.717) is 0 Å². The minimum absolute atomic E-state index is 0.0625. The van der Waals surface area contributed by atoms with Crippen LogP contribution in [0.1, 0.15) is 26.5 Å². The summed E-state index contributed by atoms with van der Waals surface area (Å²) >= 11 is 0. The third-order valence-corrected chi connectivity index (χ3v) is 1.13. The number of aromatic amines is 1. The van der Waals surface area contributed by atoms with E-state index in [4.69, 9.17) is 4.52 Å². The van der Waals surface area contributed by atoms with Crippen molar-refractivity contribution in [1.82, 2.24) is 5.27 Å². The molecule has 9 heavy (non-hydrogen) atoms. The number of nitrogens with one attached hydrogen (secondary N) is 1. The van der Waals surface area contributed by atoms with Crippen LogP contribution in [0, 0.1) is 0 Å². The molecule has 0 aliphatic rings. The van der Waals surface area contributed by atoms with Crippen molar-refractivity contribution < 1.29 is 9.62 Å². The summed E-state index contributed by atoms with van der Waals surface area (Å²) in [6.45, 7) is 6.21. The molecule has 3 nitrogen and oxygen atoms in total. The summed E-state index contributed by atoms with van der Waals surface area (Å²) in [6.07, 6.45) is 1.76. The molecule has 0 aromatic carbocycles. The monoisotopic (exact) mass is 127 g/mol. The lowest BCUT2D eigenvalue weighted by Crippen LogP contribution is -2.10. The Labute approximate surface area is 54.0 Å². The quantitative estimate of drug-likeness (QED) is 0.516. The molecule has 1 N–H and O–H groups in total. The van der Waals surface area contributed by atoms with Gasteiger partial charge in [0.25, 0.3) is 0 Å². The lowest BCUT2D eigenvalue weighted by molar-refractivity contribution is -0.471. The summed E-state index contributed by atoms with van der Waals surface area (Å²) in [5.74, 6) is 0.877. The van der Waals surface area contributed by atoms with Crippen LogP contribution in [0.4, 0.5) is 0 Å². The zero-order chi connectivity index (χ0) is 6.91. The normalized spacial score (nSPS) is 11.9. The summed E-state index contributed by atoms with van der Waals surface area (Å²) < 4.78 is 4.89. The highest BCUT2D eigenvalue weighted by Crippen LogP contribution is 2.18. The Bertz CT molecular complexity index is 173. The summed E-state index contributed by atoms with van der Waals surface area (Å²) in [5, 5.41) is 6.11. The SMILES string of the molecule is CC(C)(C)c1c[nH+]no1. The van der Waals surface area contributed by atoms with Crippen LogP contribution in [0.3, 0.4) is 0 Å². The van der Waals surface area contributed by atoms with Gasteiger partial charge in [0.15, 0.2) is 5.27 Å². The lowest BCUT2D eigenvalue weighted by Gasteiger charge is -2.09. The fraction of sp³-hybridized carbons (Fsp3) is 0.667. The Morgan fingerprint density at radius 2 is 2.22 bits per heavy atom. The van der Waals surface area contributed by atoms with Gasteiger partial charge in [0.2, 0.25) is 12.0 Å². The molecular weight excluding hydrogens is 116 g/mol. The van der Waals surface area contributed by atoms with E-state index in [1.54, 1.807) is 6.20 Å². The van der Waals surface area contributed by atoms with Crippen LogP contribution in [0.2, 0.25) is 0 Å². The summed E-state index contributed by atoms with van der Waals surface area (Å²) in [5.41, 5.74) is 0.0625. The molecule has 0 spiro atoms. The molecule has 0 saturated carbocycles. The van der Waals surface area contributed by atoms with Gasteiger partial charge in [-0.1, -0.05) is 25.9 Å². The fourth-order valence-electron chi connectivity index (χ4n) is 0.540. The third kappa shape index (κ3) is 1.28. The van der Waals surface area contributed by atoms with Crippen molar-refractivity contribution in [2.24, 2.45) is 0 Å². The van der Waals surface area contributed by atoms with Gasteiger partial charge in [-0.25, -0.2) is 0 Å². The van der Waals surface area contributed by atoms with Crippen LogP contribution in [0.25, 0.3) is 0 Å². The highest BCUT2D eigenvalue weighted by Gasteiger charge is 2.20. The Morgan fingerprint density at radius 1 is 1.56 bits per heavy atom. The topological polar surface area (TPSA) is 40.2 Å². The van der Waals surface area contributed by atoms with Crippen molar-refractivity contribution >= 4 is 0 Å². The summed E-state index contributed by atoms with van der Waals surface area (Å²) in [7, 11) is 0. The van der Waals surface area contributed by atoms with Crippen molar-refractivity contribution in [3.05, 3.63) is 12.0 Å². The molecule has 1 heterocycles. The van der Waals surface area contributed by atoms with Crippen LogP contribution < -0.4 is 5.10 Å². The van der Waals surface area contributed by atoms with Crippen LogP contribution in [-0.2, 0) is 5.41 Å². The number of nitrogens with zero attached hydrogens (tertiary/aromatic N) is 1. The van der Waals surface area contributed by atoms with E-state index in [0.717, 1.165) is 5.76 Å². The first-order chi connectivity index (χ1) is 4.11. The molecule has 0 saturated heterocycles. The van der Waals surface area contributed by atoms with E-state index in [1.807, 2.05) is 0 Å². The number of hydrogen-bond acceptors (Lipinski definition) is 2. The number of aromatic nitrogens is 2. The molecule has 0 unspecified atom stereocenters. The maximum atomic E-state index is 4.89. The molecule has 0 amide bonds. The molecule has 0 aliphatic carbocycles. The van der Waals surface area contributed by atoms with Crippen molar-refractivity contribution in [2.75, 3.05) is 0 Å². The Kier molecular flexibility index (Phi) is 1.27. The standard InChI is InChI=1S/C6H10N2O/c1-6(2,3)5-4-7-8-9-5/h4H,1-3H3/p+1. The van der Waals surface area contributed by atoms with Gasteiger partial charge in [-0.05, 0) is 0 Å². The van der Waals surface area contributed by atoms with E-state index < -0.39 is 0 Å². The van der Waals surface area contributed by atoms with Gasteiger partial charge in [-0.15, -0.1) is 0 Å². The van der Waals surface area contributed by atoms with Gasteiger partial charge in [0.05, 0.1) is 0 Å². The smallest absolute Gasteiger partial charge is 0.238 e. The van der Waals surface area contributed by atoms with Gasteiger partial charge in [0.1, 0.15) is 0 Å². The Hall–Kier alpha value is -0.860. The van der Waals surface area contributed by atoms with Crippen molar-refractivity contribution in [2.45, 2.75) is 26.2 Å². The predicted molar refractivity (Wildman–Crippen MR) is 31.8 cm³/mol. The first-order valence-corrected chi connectivity index (χ1v) is 2.94. The number of hydrogen-bond donors (Lipinski definition) is 0. The highest BCUT2D eigenvalue weighted by molar-refractivity contribution is 4.99. The molecule has 0 aliphatic heterocycles. The van der Waals surface area contributed by atoms with E-state index in [9.17, 15) is 0 Å². The zero-order valence-electron chi connectivity index (χ0n) is 5.93. The predicted octanol–water partition coefficient (Wildman–Crippen LogP) is 0.786. The van der Waals surface area contributed by atoms with E-state index in [2.05, 4.69) is 31.1 Å². The van der Waals surface area contributed by atoms with Crippen LogP contribution >= 0.6 is 0 Å². The molecule has 1 aromatic rings. The van der Waals surface area contributed by atoms with E-state index in [1.165, 1.54) is 0 Å².